The van der Waals surface area contributed by atoms with Crippen LogP contribution in [-0.4, -0.2) is 30.2 Å². The molecule has 56 valence electrons. The second-order valence-corrected chi connectivity index (χ2v) is 1.78. The fourth-order valence-electron chi connectivity index (χ4n) is 0.387. The third-order valence-electron chi connectivity index (χ3n) is 0.909. The average Bonchev–Trinajstić information content (AvgIpc) is 1.88. The molecule has 0 heterocycles. The minimum atomic E-state index is -1.02. The van der Waals surface area contributed by atoms with Crippen LogP contribution >= 0.6 is 0 Å². The maximum atomic E-state index is 10.1. The molecular formula is C6H10N2O2. The standard InChI is InChI=1S/C6H10N2O2/c1-2-3-8-4-5(7)6(9)10/h1,5,8H,3-4,7H2,(H,9,10). The second-order valence-electron chi connectivity index (χ2n) is 1.78. The molecule has 0 saturated carbocycles. The van der Waals surface area contributed by atoms with Crippen molar-refractivity contribution in [3.8, 4) is 12.3 Å². The molecule has 0 aromatic carbocycles. The lowest BCUT2D eigenvalue weighted by atomic mass is 10.3. The molecule has 0 amide bonds. The zero-order valence-corrected chi connectivity index (χ0v) is 5.50. The lowest BCUT2D eigenvalue weighted by molar-refractivity contribution is -0.138. The summed E-state index contributed by atoms with van der Waals surface area (Å²) >= 11 is 0. The van der Waals surface area contributed by atoms with Crippen molar-refractivity contribution in [1.29, 1.82) is 0 Å². The Kier molecular flexibility index (Phi) is 4.29. The predicted molar refractivity (Wildman–Crippen MR) is 37.3 cm³/mol. The van der Waals surface area contributed by atoms with Crippen molar-refractivity contribution in [2.24, 2.45) is 5.73 Å². The Hall–Kier alpha value is -1.05. The molecule has 0 aliphatic carbocycles. The molecule has 1 unspecified atom stereocenters. The van der Waals surface area contributed by atoms with Gasteiger partial charge in [0, 0.05) is 6.54 Å². The van der Waals surface area contributed by atoms with Gasteiger partial charge in [0.1, 0.15) is 6.04 Å². The summed E-state index contributed by atoms with van der Waals surface area (Å²) in [4.78, 5) is 10.1. The van der Waals surface area contributed by atoms with Crippen LogP contribution in [0.2, 0.25) is 0 Å². The van der Waals surface area contributed by atoms with Crippen LogP contribution in [-0.2, 0) is 4.79 Å². The van der Waals surface area contributed by atoms with Crippen LogP contribution in [0.3, 0.4) is 0 Å². The summed E-state index contributed by atoms with van der Waals surface area (Å²) in [5.74, 6) is 1.28. The Labute approximate surface area is 59.4 Å². The van der Waals surface area contributed by atoms with E-state index in [0.717, 1.165) is 0 Å². The van der Waals surface area contributed by atoms with Crippen LogP contribution in [0.5, 0.6) is 0 Å². The van der Waals surface area contributed by atoms with Gasteiger partial charge in [-0.1, -0.05) is 5.92 Å². The zero-order valence-electron chi connectivity index (χ0n) is 5.50. The van der Waals surface area contributed by atoms with Crippen LogP contribution in [0.1, 0.15) is 0 Å². The number of nitrogens with two attached hydrogens (primary N) is 1. The maximum Gasteiger partial charge on any atom is 0.321 e. The number of hydrogen-bond acceptors (Lipinski definition) is 3. The topological polar surface area (TPSA) is 75.3 Å². The van der Waals surface area contributed by atoms with Crippen LogP contribution < -0.4 is 11.1 Å². The molecule has 0 aliphatic rings. The van der Waals surface area contributed by atoms with E-state index >= 15 is 0 Å². The number of hydrogen-bond donors (Lipinski definition) is 3. The molecule has 0 aliphatic heterocycles. The molecule has 1 atom stereocenters. The first kappa shape index (κ1) is 8.95. The Bertz CT molecular complexity index is 150. The summed E-state index contributed by atoms with van der Waals surface area (Å²) in [7, 11) is 0. The summed E-state index contributed by atoms with van der Waals surface area (Å²) < 4.78 is 0. The molecule has 4 heteroatoms. The molecule has 0 aromatic rings. The molecule has 0 spiro atoms. The van der Waals surface area contributed by atoms with E-state index in [0.29, 0.717) is 6.54 Å². The van der Waals surface area contributed by atoms with Crippen LogP contribution in [0, 0.1) is 12.3 Å². The number of carbonyl (C=O) groups is 1. The number of carboxylic acid groups (broad SMARTS) is 1. The van der Waals surface area contributed by atoms with E-state index in [1.54, 1.807) is 0 Å². The first-order valence-corrected chi connectivity index (χ1v) is 2.81. The third kappa shape index (κ3) is 3.89. The summed E-state index contributed by atoms with van der Waals surface area (Å²) in [6.45, 7) is 0.556. The first-order chi connectivity index (χ1) is 4.68. The van der Waals surface area contributed by atoms with Gasteiger partial charge in [0.15, 0.2) is 0 Å². The highest BCUT2D eigenvalue weighted by Crippen LogP contribution is 1.73. The molecular weight excluding hydrogens is 132 g/mol. The smallest absolute Gasteiger partial charge is 0.321 e. The van der Waals surface area contributed by atoms with Crippen LogP contribution in [0.15, 0.2) is 0 Å². The van der Waals surface area contributed by atoms with E-state index in [-0.39, 0.29) is 6.54 Å². The molecule has 4 nitrogen and oxygen atoms in total. The highest BCUT2D eigenvalue weighted by Gasteiger charge is 2.08. The van der Waals surface area contributed by atoms with Crippen LogP contribution in [0.4, 0.5) is 0 Å². The monoisotopic (exact) mass is 142 g/mol. The minimum absolute atomic E-state index is 0.208. The third-order valence-corrected chi connectivity index (χ3v) is 0.909. The van der Waals surface area contributed by atoms with E-state index in [1.165, 1.54) is 0 Å². The highest BCUT2D eigenvalue weighted by atomic mass is 16.4. The molecule has 0 saturated heterocycles. The average molecular weight is 142 g/mol. The van der Waals surface area contributed by atoms with Crippen molar-refractivity contribution in [2.75, 3.05) is 13.1 Å². The molecule has 0 fully saturated rings. The summed E-state index contributed by atoms with van der Waals surface area (Å²) in [5.41, 5.74) is 5.13. The molecule has 0 aromatic heterocycles. The molecule has 0 radical (unpaired) electrons. The number of terminal acetylenes is 1. The van der Waals surface area contributed by atoms with Crippen molar-refractivity contribution >= 4 is 5.97 Å². The largest absolute Gasteiger partial charge is 0.480 e. The van der Waals surface area contributed by atoms with Gasteiger partial charge >= 0.3 is 5.97 Å². The van der Waals surface area contributed by atoms with E-state index in [9.17, 15) is 4.79 Å². The quantitative estimate of drug-likeness (QED) is 0.334. The van der Waals surface area contributed by atoms with Gasteiger partial charge in [0.25, 0.3) is 0 Å². The predicted octanol–water partition coefficient (Wildman–Crippen LogP) is -1.38. The number of aliphatic carboxylic acids is 1. The van der Waals surface area contributed by atoms with Gasteiger partial charge in [-0.05, 0) is 0 Å². The van der Waals surface area contributed by atoms with Gasteiger partial charge < -0.3 is 16.2 Å². The second kappa shape index (κ2) is 4.79. The molecule has 4 N–H and O–H groups in total. The van der Waals surface area contributed by atoms with E-state index in [1.807, 2.05) is 0 Å². The van der Waals surface area contributed by atoms with Gasteiger partial charge in [0.05, 0.1) is 6.54 Å². The Balaban J connectivity index is 3.32. The lowest BCUT2D eigenvalue weighted by Crippen LogP contribution is -2.40. The fraction of sp³-hybridized carbons (Fsp3) is 0.500. The number of carboxylic acids is 1. The molecule has 0 rings (SSSR count). The van der Waals surface area contributed by atoms with E-state index in [4.69, 9.17) is 17.3 Å². The maximum absolute atomic E-state index is 10.1. The Morgan fingerprint density at radius 1 is 1.90 bits per heavy atom. The van der Waals surface area contributed by atoms with Crippen molar-refractivity contribution in [2.45, 2.75) is 6.04 Å². The fourth-order valence-corrected chi connectivity index (χ4v) is 0.387. The van der Waals surface area contributed by atoms with Gasteiger partial charge in [0.2, 0.25) is 0 Å². The summed E-state index contributed by atoms with van der Waals surface area (Å²) in [6.07, 6.45) is 4.89. The molecule has 0 bridgehead atoms. The van der Waals surface area contributed by atoms with E-state index in [2.05, 4.69) is 11.2 Å². The lowest BCUT2D eigenvalue weighted by Gasteiger charge is -2.04. The summed E-state index contributed by atoms with van der Waals surface area (Å²) in [5, 5.41) is 10.9. The van der Waals surface area contributed by atoms with Gasteiger partial charge in [-0.15, -0.1) is 6.42 Å². The normalized spacial score (nSPS) is 12.0. The molecule has 10 heavy (non-hydrogen) atoms. The minimum Gasteiger partial charge on any atom is -0.480 e. The van der Waals surface area contributed by atoms with Crippen molar-refractivity contribution in [3.05, 3.63) is 0 Å². The van der Waals surface area contributed by atoms with E-state index < -0.39 is 12.0 Å². The van der Waals surface area contributed by atoms with Gasteiger partial charge in [-0.25, -0.2) is 0 Å². The summed E-state index contributed by atoms with van der Waals surface area (Å²) in [6, 6.07) is -0.867. The van der Waals surface area contributed by atoms with Crippen molar-refractivity contribution in [3.63, 3.8) is 0 Å². The Morgan fingerprint density at radius 3 is 2.90 bits per heavy atom. The van der Waals surface area contributed by atoms with Crippen molar-refractivity contribution in [1.82, 2.24) is 5.32 Å². The zero-order chi connectivity index (χ0) is 7.98. The van der Waals surface area contributed by atoms with Crippen LogP contribution in [0.25, 0.3) is 0 Å². The van der Waals surface area contributed by atoms with Gasteiger partial charge in [-0.3, -0.25) is 4.79 Å². The van der Waals surface area contributed by atoms with Crippen molar-refractivity contribution < 1.29 is 9.90 Å². The SMILES string of the molecule is C#CCNCC(N)C(=O)O. The highest BCUT2D eigenvalue weighted by molar-refractivity contribution is 5.73. The Morgan fingerprint density at radius 2 is 2.50 bits per heavy atom. The number of nitrogens with one attached hydrogen (secondary N) is 1. The van der Waals surface area contributed by atoms with Gasteiger partial charge in [-0.2, -0.15) is 0 Å². The first-order valence-electron chi connectivity index (χ1n) is 2.81. The number of rotatable bonds is 4.